The molecule has 1 saturated heterocycles. The lowest BCUT2D eigenvalue weighted by Crippen LogP contribution is -2.48. The Labute approximate surface area is 115 Å². The topological polar surface area (TPSA) is 54.0 Å². The van der Waals surface area contributed by atoms with Crippen molar-refractivity contribution in [1.29, 1.82) is 0 Å². The van der Waals surface area contributed by atoms with Crippen LogP contribution in [-0.4, -0.2) is 44.8 Å². The van der Waals surface area contributed by atoms with E-state index in [1.807, 2.05) is 0 Å². The number of carbonyl (C=O) groups is 1. The second-order valence-electron chi connectivity index (χ2n) is 5.10. The first-order valence-corrected chi connectivity index (χ1v) is 7.04. The van der Waals surface area contributed by atoms with E-state index in [2.05, 4.69) is 20.8 Å². The molecule has 0 aromatic carbocycles. The second-order valence-corrected chi connectivity index (χ2v) is 5.10. The Morgan fingerprint density at radius 2 is 2.00 bits per heavy atom. The molecule has 1 fully saturated rings. The fourth-order valence-corrected chi connectivity index (χ4v) is 2.03. The molecule has 0 aliphatic carbocycles. The SMILES string of the molecule is CCCOCCO[C@@H]1OC[C@@H](C)[C@H](C)C1OC(C)=O. The van der Waals surface area contributed by atoms with E-state index in [-0.39, 0.29) is 18.0 Å². The Hall–Kier alpha value is -0.650. The standard InChI is InChI=1S/C14H26O5/c1-5-6-16-7-8-17-14-13(19-12(4)15)11(3)10(2)9-18-14/h10-11,13-14H,5-9H2,1-4H3/t10-,11+,13?,14-/m1/s1. The van der Waals surface area contributed by atoms with Gasteiger partial charge in [0, 0.05) is 19.4 Å². The van der Waals surface area contributed by atoms with Crippen LogP contribution in [-0.2, 0) is 23.7 Å². The Kier molecular flexibility index (Phi) is 7.34. The van der Waals surface area contributed by atoms with Crippen LogP contribution in [0.5, 0.6) is 0 Å². The minimum absolute atomic E-state index is 0.221. The maximum atomic E-state index is 11.2. The number of ether oxygens (including phenoxy) is 4. The van der Waals surface area contributed by atoms with Gasteiger partial charge in [0.05, 0.1) is 19.8 Å². The fourth-order valence-electron chi connectivity index (χ4n) is 2.03. The molecule has 1 unspecified atom stereocenters. The number of hydrogen-bond donors (Lipinski definition) is 0. The highest BCUT2D eigenvalue weighted by Crippen LogP contribution is 2.28. The summed E-state index contributed by atoms with van der Waals surface area (Å²) in [5, 5.41) is 0. The summed E-state index contributed by atoms with van der Waals surface area (Å²) in [7, 11) is 0. The lowest BCUT2D eigenvalue weighted by molar-refractivity contribution is -0.252. The van der Waals surface area contributed by atoms with Crippen molar-refractivity contribution in [3.05, 3.63) is 0 Å². The summed E-state index contributed by atoms with van der Waals surface area (Å²) in [6.45, 7) is 9.95. The van der Waals surface area contributed by atoms with Crippen LogP contribution < -0.4 is 0 Å². The Morgan fingerprint density at radius 3 is 2.63 bits per heavy atom. The van der Waals surface area contributed by atoms with Gasteiger partial charge in [-0.05, 0) is 12.3 Å². The molecule has 0 radical (unpaired) electrons. The highest BCUT2D eigenvalue weighted by molar-refractivity contribution is 5.66. The first-order valence-electron chi connectivity index (χ1n) is 7.04. The van der Waals surface area contributed by atoms with E-state index >= 15 is 0 Å². The van der Waals surface area contributed by atoms with Crippen LogP contribution in [0.1, 0.15) is 34.1 Å². The summed E-state index contributed by atoms with van der Waals surface area (Å²) >= 11 is 0. The normalized spacial score (nSPS) is 31.2. The van der Waals surface area contributed by atoms with E-state index in [0.29, 0.717) is 25.7 Å². The van der Waals surface area contributed by atoms with E-state index in [1.54, 1.807) is 0 Å². The Bertz CT molecular complexity index is 269. The van der Waals surface area contributed by atoms with Gasteiger partial charge in [-0.3, -0.25) is 4.79 Å². The van der Waals surface area contributed by atoms with Gasteiger partial charge in [0.15, 0.2) is 12.4 Å². The zero-order valence-electron chi connectivity index (χ0n) is 12.4. The molecular formula is C14H26O5. The molecule has 0 saturated carbocycles. The van der Waals surface area contributed by atoms with Gasteiger partial charge in [-0.15, -0.1) is 0 Å². The third-order valence-electron chi connectivity index (χ3n) is 3.37. The lowest BCUT2D eigenvalue weighted by Gasteiger charge is -2.38. The van der Waals surface area contributed by atoms with Gasteiger partial charge in [0.1, 0.15) is 0 Å². The van der Waals surface area contributed by atoms with Crippen molar-refractivity contribution in [3.8, 4) is 0 Å². The molecule has 1 aliphatic rings. The van der Waals surface area contributed by atoms with Crippen LogP contribution in [0.3, 0.4) is 0 Å². The van der Waals surface area contributed by atoms with E-state index in [9.17, 15) is 4.79 Å². The fraction of sp³-hybridized carbons (Fsp3) is 0.929. The van der Waals surface area contributed by atoms with Crippen LogP contribution in [0.25, 0.3) is 0 Å². The average molecular weight is 274 g/mol. The van der Waals surface area contributed by atoms with Gasteiger partial charge in [0.25, 0.3) is 0 Å². The highest BCUT2D eigenvalue weighted by Gasteiger charge is 2.38. The zero-order valence-corrected chi connectivity index (χ0v) is 12.4. The molecule has 1 aliphatic heterocycles. The molecule has 0 aromatic rings. The Morgan fingerprint density at radius 1 is 1.26 bits per heavy atom. The quantitative estimate of drug-likeness (QED) is 0.525. The van der Waals surface area contributed by atoms with Crippen LogP contribution in [0.4, 0.5) is 0 Å². The maximum Gasteiger partial charge on any atom is 0.303 e. The number of hydrogen-bond acceptors (Lipinski definition) is 5. The minimum Gasteiger partial charge on any atom is -0.457 e. The van der Waals surface area contributed by atoms with E-state index < -0.39 is 6.29 Å². The van der Waals surface area contributed by atoms with Gasteiger partial charge in [-0.2, -0.15) is 0 Å². The largest absolute Gasteiger partial charge is 0.457 e. The van der Waals surface area contributed by atoms with Crippen molar-refractivity contribution in [3.63, 3.8) is 0 Å². The molecule has 0 spiro atoms. The number of carbonyl (C=O) groups excluding carboxylic acids is 1. The molecule has 0 aromatic heterocycles. The van der Waals surface area contributed by atoms with E-state index in [4.69, 9.17) is 18.9 Å². The summed E-state index contributed by atoms with van der Waals surface area (Å²) in [5.74, 6) is 0.269. The summed E-state index contributed by atoms with van der Waals surface area (Å²) in [5.41, 5.74) is 0. The molecule has 19 heavy (non-hydrogen) atoms. The van der Waals surface area contributed by atoms with Crippen molar-refractivity contribution >= 4 is 5.97 Å². The third-order valence-corrected chi connectivity index (χ3v) is 3.37. The van der Waals surface area contributed by atoms with Crippen LogP contribution in [0, 0.1) is 11.8 Å². The third kappa shape index (κ3) is 5.47. The molecule has 0 bridgehead atoms. The van der Waals surface area contributed by atoms with E-state index in [0.717, 1.165) is 13.0 Å². The van der Waals surface area contributed by atoms with Gasteiger partial charge in [-0.1, -0.05) is 20.8 Å². The second kappa shape index (κ2) is 8.51. The van der Waals surface area contributed by atoms with Gasteiger partial charge < -0.3 is 18.9 Å². The molecular weight excluding hydrogens is 248 g/mol. The first-order chi connectivity index (χ1) is 9.06. The lowest BCUT2D eigenvalue weighted by atomic mass is 9.88. The highest BCUT2D eigenvalue weighted by atomic mass is 16.7. The maximum absolute atomic E-state index is 11.2. The molecule has 0 N–H and O–H groups in total. The summed E-state index contributed by atoms with van der Waals surface area (Å²) in [6.07, 6.45) is 0.164. The predicted molar refractivity (Wildman–Crippen MR) is 70.7 cm³/mol. The van der Waals surface area contributed by atoms with Crippen molar-refractivity contribution in [2.75, 3.05) is 26.4 Å². The molecule has 0 amide bonds. The molecule has 5 heteroatoms. The molecule has 5 nitrogen and oxygen atoms in total. The molecule has 1 heterocycles. The summed E-state index contributed by atoms with van der Waals surface area (Å²) < 4.78 is 21.9. The number of rotatable bonds is 7. The van der Waals surface area contributed by atoms with Gasteiger partial charge in [0.2, 0.25) is 0 Å². The number of esters is 1. The zero-order chi connectivity index (χ0) is 14.3. The van der Waals surface area contributed by atoms with Crippen molar-refractivity contribution in [2.45, 2.75) is 46.5 Å². The predicted octanol–water partition coefficient (Wildman–Crippen LogP) is 1.99. The van der Waals surface area contributed by atoms with Crippen LogP contribution in [0.2, 0.25) is 0 Å². The van der Waals surface area contributed by atoms with Crippen LogP contribution >= 0.6 is 0 Å². The van der Waals surface area contributed by atoms with Crippen molar-refractivity contribution in [2.24, 2.45) is 11.8 Å². The molecule has 4 atom stereocenters. The summed E-state index contributed by atoms with van der Waals surface area (Å²) in [6, 6.07) is 0. The van der Waals surface area contributed by atoms with Crippen molar-refractivity contribution < 1.29 is 23.7 Å². The smallest absolute Gasteiger partial charge is 0.303 e. The van der Waals surface area contributed by atoms with Crippen LogP contribution in [0.15, 0.2) is 0 Å². The molecule has 112 valence electrons. The molecule has 1 rings (SSSR count). The minimum atomic E-state index is -0.486. The average Bonchev–Trinajstić information content (AvgIpc) is 2.36. The van der Waals surface area contributed by atoms with Crippen molar-refractivity contribution in [1.82, 2.24) is 0 Å². The Balaban J connectivity index is 2.41. The first kappa shape index (κ1) is 16.4. The summed E-state index contributed by atoms with van der Waals surface area (Å²) in [4.78, 5) is 11.2. The van der Waals surface area contributed by atoms with Gasteiger partial charge >= 0.3 is 5.97 Å². The van der Waals surface area contributed by atoms with E-state index in [1.165, 1.54) is 6.92 Å². The van der Waals surface area contributed by atoms with Gasteiger partial charge in [-0.25, -0.2) is 0 Å². The monoisotopic (exact) mass is 274 g/mol.